The van der Waals surface area contributed by atoms with E-state index < -0.39 is 0 Å². The Labute approximate surface area is 91.2 Å². The summed E-state index contributed by atoms with van der Waals surface area (Å²) in [7, 11) is 0. The average Bonchev–Trinajstić information content (AvgIpc) is 2.21. The number of para-hydroxylation sites is 2. The van der Waals surface area contributed by atoms with E-state index in [4.69, 9.17) is 15.2 Å². The summed E-state index contributed by atoms with van der Waals surface area (Å²) in [6.07, 6.45) is -0.0217. The summed E-state index contributed by atoms with van der Waals surface area (Å²) in [4.78, 5) is 0. The number of nitrogens with two attached hydrogens (primary N) is 1. The molecule has 84 valence electrons. The highest BCUT2D eigenvalue weighted by Gasteiger charge is 2.11. The van der Waals surface area contributed by atoms with Gasteiger partial charge in [-0.25, -0.2) is 0 Å². The van der Waals surface area contributed by atoms with Crippen LogP contribution < -0.4 is 15.2 Å². The minimum Gasteiger partial charge on any atom is -0.490 e. The van der Waals surface area contributed by atoms with Crippen molar-refractivity contribution in [1.82, 2.24) is 0 Å². The van der Waals surface area contributed by atoms with Crippen molar-refractivity contribution < 1.29 is 9.47 Å². The van der Waals surface area contributed by atoms with E-state index in [1.807, 2.05) is 45.0 Å². The van der Waals surface area contributed by atoms with Crippen molar-refractivity contribution in [2.75, 3.05) is 6.61 Å². The fourth-order valence-corrected chi connectivity index (χ4v) is 1.13. The van der Waals surface area contributed by atoms with E-state index >= 15 is 0 Å². The monoisotopic (exact) mass is 209 g/mol. The Hall–Kier alpha value is -1.22. The lowest BCUT2D eigenvalue weighted by Gasteiger charge is -2.19. The second kappa shape index (κ2) is 5.61. The molecule has 0 aliphatic rings. The molecule has 1 rings (SSSR count). The molecule has 3 heteroatoms. The molecule has 0 saturated carbocycles. The second-order valence-electron chi connectivity index (χ2n) is 3.56. The Morgan fingerprint density at radius 2 is 1.80 bits per heavy atom. The first-order valence-corrected chi connectivity index (χ1v) is 5.29. The van der Waals surface area contributed by atoms with Gasteiger partial charge >= 0.3 is 0 Å². The van der Waals surface area contributed by atoms with Gasteiger partial charge in [-0.15, -0.1) is 0 Å². The first-order chi connectivity index (χ1) is 7.15. The summed E-state index contributed by atoms with van der Waals surface area (Å²) in [5.74, 6) is 1.52. The van der Waals surface area contributed by atoms with E-state index in [-0.39, 0.29) is 12.1 Å². The zero-order valence-electron chi connectivity index (χ0n) is 9.57. The Morgan fingerprint density at radius 3 is 2.33 bits per heavy atom. The molecular formula is C12H19NO2. The van der Waals surface area contributed by atoms with Gasteiger partial charge in [0.25, 0.3) is 0 Å². The lowest BCUT2D eigenvalue weighted by atomic mass is 10.2. The van der Waals surface area contributed by atoms with Gasteiger partial charge < -0.3 is 15.2 Å². The van der Waals surface area contributed by atoms with Crippen molar-refractivity contribution in [1.29, 1.82) is 0 Å². The minimum atomic E-state index is -0.0217. The third-order valence-electron chi connectivity index (χ3n) is 2.20. The molecule has 0 bridgehead atoms. The first-order valence-electron chi connectivity index (χ1n) is 5.29. The predicted octanol–water partition coefficient (Wildman–Crippen LogP) is 2.20. The smallest absolute Gasteiger partial charge is 0.161 e. The van der Waals surface area contributed by atoms with Crippen molar-refractivity contribution in [3.8, 4) is 11.5 Å². The maximum atomic E-state index is 5.74. The van der Waals surface area contributed by atoms with Gasteiger partial charge in [-0.2, -0.15) is 0 Å². The molecule has 2 N–H and O–H groups in total. The fourth-order valence-electron chi connectivity index (χ4n) is 1.13. The maximum Gasteiger partial charge on any atom is 0.161 e. The summed E-state index contributed by atoms with van der Waals surface area (Å²) in [5, 5.41) is 0. The van der Waals surface area contributed by atoms with Crippen LogP contribution in [0.3, 0.4) is 0 Å². The Balaban J connectivity index is 2.74. The second-order valence-corrected chi connectivity index (χ2v) is 3.56. The predicted molar refractivity (Wildman–Crippen MR) is 61.4 cm³/mol. The third-order valence-corrected chi connectivity index (χ3v) is 2.20. The summed E-state index contributed by atoms with van der Waals surface area (Å²) < 4.78 is 11.2. The highest BCUT2D eigenvalue weighted by atomic mass is 16.5. The van der Waals surface area contributed by atoms with Crippen LogP contribution in [0.5, 0.6) is 11.5 Å². The largest absolute Gasteiger partial charge is 0.490 e. The zero-order valence-corrected chi connectivity index (χ0v) is 9.57. The molecule has 0 aliphatic heterocycles. The molecule has 0 aliphatic carbocycles. The fraction of sp³-hybridized carbons (Fsp3) is 0.500. The molecule has 2 atom stereocenters. The number of benzene rings is 1. The number of hydrogen-bond donors (Lipinski definition) is 1. The van der Waals surface area contributed by atoms with Crippen LogP contribution in [0.15, 0.2) is 24.3 Å². The van der Waals surface area contributed by atoms with E-state index in [1.165, 1.54) is 0 Å². The molecule has 0 radical (unpaired) electrons. The quantitative estimate of drug-likeness (QED) is 0.808. The molecule has 0 fully saturated rings. The van der Waals surface area contributed by atoms with Crippen LogP contribution in [0.4, 0.5) is 0 Å². The van der Waals surface area contributed by atoms with Crippen molar-refractivity contribution in [3.05, 3.63) is 24.3 Å². The van der Waals surface area contributed by atoms with Crippen LogP contribution in [-0.4, -0.2) is 18.8 Å². The van der Waals surface area contributed by atoms with Gasteiger partial charge in [0, 0.05) is 6.04 Å². The lowest BCUT2D eigenvalue weighted by Crippen LogP contribution is -2.33. The molecular weight excluding hydrogens is 190 g/mol. The van der Waals surface area contributed by atoms with Gasteiger partial charge in [0.2, 0.25) is 0 Å². The van der Waals surface area contributed by atoms with E-state index in [2.05, 4.69) is 0 Å². The lowest BCUT2D eigenvalue weighted by molar-refractivity contribution is 0.185. The van der Waals surface area contributed by atoms with Crippen LogP contribution in [0.25, 0.3) is 0 Å². The standard InChI is InChI=1S/C12H19NO2/c1-4-14-11-7-5-6-8-12(11)15-10(3)9(2)13/h5-10H,4,13H2,1-3H3/t9-,10?/m1/s1. The van der Waals surface area contributed by atoms with Gasteiger partial charge in [-0.1, -0.05) is 12.1 Å². The summed E-state index contributed by atoms with van der Waals surface area (Å²) in [5.41, 5.74) is 5.74. The van der Waals surface area contributed by atoms with E-state index in [0.29, 0.717) is 6.61 Å². The molecule has 0 spiro atoms. The number of rotatable bonds is 5. The van der Waals surface area contributed by atoms with Crippen molar-refractivity contribution in [2.45, 2.75) is 32.9 Å². The number of hydrogen-bond acceptors (Lipinski definition) is 3. The third kappa shape index (κ3) is 3.44. The molecule has 0 aromatic heterocycles. The molecule has 0 saturated heterocycles. The Kier molecular flexibility index (Phi) is 4.43. The SMILES string of the molecule is CCOc1ccccc1OC(C)[C@@H](C)N. The number of ether oxygens (including phenoxy) is 2. The van der Waals surface area contributed by atoms with Crippen LogP contribution in [0.2, 0.25) is 0 Å². The molecule has 1 aromatic rings. The van der Waals surface area contributed by atoms with Gasteiger partial charge in [0.05, 0.1) is 6.61 Å². The molecule has 1 aromatic carbocycles. The van der Waals surface area contributed by atoms with E-state index in [1.54, 1.807) is 0 Å². The molecule has 0 heterocycles. The summed E-state index contributed by atoms with van der Waals surface area (Å²) >= 11 is 0. The van der Waals surface area contributed by atoms with Crippen LogP contribution in [0.1, 0.15) is 20.8 Å². The van der Waals surface area contributed by atoms with Crippen LogP contribution >= 0.6 is 0 Å². The average molecular weight is 209 g/mol. The highest BCUT2D eigenvalue weighted by Crippen LogP contribution is 2.27. The minimum absolute atomic E-state index is 0.000294. The van der Waals surface area contributed by atoms with Crippen LogP contribution in [-0.2, 0) is 0 Å². The van der Waals surface area contributed by atoms with Crippen LogP contribution in [0, 0.1) is 0 Å². The van der Waals surface area contributed by atoms with Gasteiger partial charge in [0.1, 0.15) is 6.10 Å². The summed E-state index contributed by atoms with van der Waals surface area (Å²) in [6, 6.07) is 7.64. The molecule has 15 heavy (non-hydrogen) atoms. The van der Waals surface area contributed by atoms with Gasteiger partial charge in [-0.05, 0) is 32.9 Å². The molecule has 1 unspecified atom stereocenters. The van der Waals surface area contributed by atoms with Crippen molar-refractivity contribution >= 4 is 0 Å². The van der Waals surface area contributed by atoms with Gasteiger partial charge in [-0.3, -0.25) is 0 Å². The first kappa shape index (κ1) is 11.9. The van der Waals surface area contributed by atoms with Crippen molar-refractivity contribution in [2.24, 2.45) is 5.73 Å². The molecule has 0 amide bonds. The maximum absolute atomic E-state index is 5.74. The normalized spacial score (nSPS) is 14.4. The Morgan fingerprint density at radius 1 is 1.20 bits per heavy atom. The zero-order chi connectivity index (χ0) is 11.3. The molecule has 3 nitrogen and oxygen atoms in total. The Bertz CT molecular complexity index is 299. The van der Waals surface area contributed by atoms with E-state index in [0.717, 1.165) is 11.5 Å². The highest BCUT2D eigenvalue weighted by molar-refractivity contribution is 5.39. The van der Waals surface area contributed by atoms with E-state index in [9.17, 15) is 0 Å². The van der Waals surface area contributed by atoms with Gasteiger partial charge in [0.15, 0.2) is 11.5 Å². The topological polar surface area (TPSA) is 44.5 Å². The summed E-state index contributed by atoms with van der Waals surface area (Å²) in [6.45, 7) is 6.46. The van der Waals surface area contributed by atoms with Crippen molar-refractivity contribution in [3.63, 3.8) is 0 Å².